The van der Waals surface area contributed by atoms with Crippen molar-refractivity contribution in [3.63, 3.8) is 0 Å². The van der Waals surface area contributed by atoms with Gasteiger partial charge in [-0.1, -0.05) is 30.7 Å². The first-order valence-electron chi connectivity index (χ1n) is 7.58. The largest absolute Gasteiger partial charge is 0.303 e. The molecule has 0 radical (unpaired) electrons. The van der Waals surface area contributed by atoms with Gasteiger partial charge in [-0.25, -0.2) is 0 Å². The number of fused-ring (bicyclic) bond motifs is 1. The van der Waals surface area contributed by atoms with Gasteiger partial charge in [-0.2, -0.15) is 0 Å². The minimum Gasteiger partial charge on any atom is -0.303 e. The molecule has 0 amide bonds. The van der Waals surface area contributed by atoms with E-state index in [9.17, 15) is 0 Å². The summed E-state index contributed by atoms with van der Waals surface area (Å²) in [4.78, 5) is 4.10. The van der Waals surface area contributed by atoms with Crippen LogP contribution in [-0.2, 0) is 6.42 Å². The third-order valence-corrected chi connectivity index (χ3v) is 4.28. The number of aryl methyl sites for hydroxylation is 1. The SMILES string of the molecule is CC(NC1CCCCc2ccccc21)c1ccncc1. The van der Waals surface area contributed by atoms with E-state index in [-0.39, 0.29) is 0 Å². The van der Waals surface area contributed by atoms with E-state index in [1.165, 1.54) is 42.4 Å². The highest BCUT2D eigenvalue weighted by Crippen LogP contribution is 2.30. The number of pyridine rings is 1. The lowest BCUT2D eigenvalue weighted by Crippen LogP contribution is -2.25. The fourth-order valence-electron chi connectivity index (χ4n) is 3.14. The maximum atomic E-state index is 4.10. The van der Waals surface area contributed by atoms with Crippen molar-refractivity contribution in [1.29, 1.82) is 0 Å². The normalized spacial score (nSPS) is 19.9. The van der Waals surface area contributed by atoms with Crippen LogP contribution in [-0.4, -0.2) is 4.98 Å². The molecule has 2 atom stereocenters. The van der Waals surface area contributed by atoms with E-state index in [2.05, 4.69) is 53.6 Å². The maximum absolute atomic E-state index is 4.10. The van der Waals surface area contributed by atoms with Gasteiger partial charge in [0.1, 0.15) is 0 Å². The van der Waals surface area contributed by atoms with Gasteiger partial charge in [0, 0.05) is 24.5 Å². The third kappa shape index (κ3) is 2.91. The highest BCUT2D eigenvalue weighted by Gasteiger charge is 2.20. The highest BCUT2D eigenvalue weighted by atomic mass is 14.9. The fraction of sp³-hybridized carbons (Fsp3) is 0.389. The Morgan fingerprint density at radius 3 is 2.75 bits per heavy atom. The van der Waals surface area contributed by atoms with Gasteiger partial charge in [0.05, 0.1) is 0 Å². The molecule has 20 heavy (non-hydrogen) atoms. The molecule has 2 aromatic rings. The summed E-state index contributed by atoms with van der Waals surface area (Å²) in [6, 6.07) is 13.9. The molecule has 1 N–H and O–H groups in total. The molecule has 1 aliphatic rings. The zero-order valence-electron chi connectivity index (χ0n) is 12.0. The molecule has 1 heterocycles. The summed E-state index contributed by atoms with van der Waals surface area (Å²) in [5.74, 6) is 0. The molecule has 0 bridgehead atoms. The Kier molecular flexibility index (Phi) is 4.12. The predicted octanol–water partition coefficient (Wildman–Crippen LogP) is 4.20. The Hall–Kier alpha value is -1.67. The summed E-state index contributed by atoms with van der Waals surface area (Å²) in [6.45, 7) is 2.24. The molecule has 2 nitrogen and oxygen atoms in total. The molecule has 2 heteroatoms. The lowest BCUT2D eigenvalue weighted by Gasteiger charge is -2.24. The number of rotatable bonds is 3. The van der Waals surface area contributed by atoms with E-state index in [0.29, 0.717) is 12.1 Å². The summed E-state index contributed by atoms with van der Waals surface area (Å²) in [5, 5.41) is 3.80. The lowest BCUT2D eigenvalue weighted by molar-refractivity contribution is 0.437. The molecular formula is C18H22N2. The van der Waals surface area contributed by atoms with Crippen LogP contribution < -0.4 is 5.32 Å². The van der Waals surface area contributed by atoms with Gasteiger partial charge in [0.2, 0.25) is 0 Å². The number of aromatic nitrogens is 1. The Labute approximate surface area is 121 Å². The van der Waals surface area contributed by atoms with Gasteiger partial charge in [0.15, 0.2) is 0 Å². The van der Waals surface area contributed by atoms with Crippen molar-refractivity contribution in [3.8, 4) is 0 Å². The van der Waals surface area contributed by atoms with Crippen LogP contribution in [0.1, 0.15) is 55.0 Å². The average molecular weight is 266 g/mol. The van der Waals surface area contributed by atoms with Crippen molar-refractivity contribution in [2.75, 3.05) is 0 Å². The number of nitrogens with one attached hydrogen (secondary N) is 1. The molecule has 0 spiro atoms. The second-order valence-corrected chi connectivity index (χ2v) is 5.67. The van der Waals surface area contributed by atoms with Crippen LogP contribution in [0.15, 0.2) is 48.8 Å². The molecule has 0 aliphatic heterocycles. The second-order valence-electron chi connectivity index (χ2n) is 5.67. The Morgan fingerprint density at radius 1 is 1.10 bits per heavy atom. The molecule has 0 saturated heterocycles. The molecule has 3 rings (SSSR count). The Balaban J connectivity index is 1.80. The summed E-state index contributed by atoms with van der Waals surface area (Å²) in [5.41, 5.74) is 4.32. The van der Waals surface area contributed by atoms with Crippen molar-refractivity contribution < 1.29 is 0 Å². The van der Waals surface area contributed by atoms with Crippen LogP contribution in [0.4, 0.5) is 0 Å². The van der Waals surface area contributed by atoms with Crippen molar-refractivity contribution in [2.45, 2.75) is 44.7 Å². The molecular weight excluding hydrogens is 244 g/mol. The molecule has 0 saturated carbocycles. The van der Waals surface area contributed by atoms with Gasteiger partial charge >= 0.3 is 0 Å². The number of hydrogen-bond acceptors (Lipinski definition) is 2. The van der Waals surface area contributed by atoms with Crippen LogP contribution >= 0.6 is 0 Å². The first-order valence-corrected chi connectivity index (χ1v) is 7.58. The lowest BCUT2D eigenvalue weighted by atomic mass is 9.97. The zero-order chi connectivity index (χ0) is 13.8. The zero-order valence-corrected chi connectivity index (χ0v) is 12.0. The molecule has 1 aliphatic carbocycles. The third-order valence-electron chi connectivity index (χ3n) is 4.28. The first-order chi connectivity index (χ1) is 9.84. The van der Waals surface area contributed by atoms with E-state index in [4.69, 9.17) is 0 Å². The second kappa shape index (κ2) is 6.19. The fourth-order valence-corrected chi connectivity index (χ4v) is 3.14. The van der Waals surface area contributed by atoms with Crippen LogP contribution in [0.3, 0.4) is 0 Å². The number of hydrogen-bond donors (Lipinski definition) is 1. The number of nitrogens with zero attached hydrogens (tertiary/aromatic N) is 1. The maximum Gasteiger partial charge on any atom is 0.0328 e. The van der Waals surface area contributed by atoms with Gasteiger partial charge < -0.3 is 5.32 Å². The highest BCUT2D eigenvalue weighted by molar-refractivity contribution is 5.31. The Morgan fingerprint density at radius 2 is 1.90 bits per heavy atom. The summed E-state index contributed by atoms with van der Waals surface area (Å²) in [7, 11) is 0. The van der Waals surface area contributed by atoms with Gasteiger partial charge in [0.25, 0.3) is 0 Å². The van der Waals surface area contributed by atoms with Crippen LogP contribution in [0, 0.1) is 0 Å². The Bertz CT molecular complexity index is 550. The van der Waals surface area contributed by atoms with Crippen molar-refractivity contribution in [1.82, 2.24) is 10.3 Å². The van der Waals surface area contributed by atoms with E-state index < -0.39 is 0 Å². The van der Waals surface area contributed by atoms with Crippen molar-refractivity contribution in [3.05, 3.63) is 65.5 Å². The average Bonchev–Trinajstić information content (AvgIpc) is 2.71. The molecule has 2 unspecified atom stereocenters. The molecule has 104 valence electrons. The summed E-state index contributed by atoms with van der Waals surface area (Å²) in [6.07, 6.45) is 8.79. The van der Waals surface area contributed by atoms with Crippen LogP contribution in [0.5, 0.6) is 0 Å². The monoisotopic (exact) mass is 266 g/mol. The molecule has 1 aromatic heterocycles. The minimum absolute atomic E-state index is 0.356. The van der Waals surface area contributed by atoms with E-state index in [0.717, 1.165) is 0 Å². The predicted molar refractivity (Wildman–Crippen MR) is 82.5 cm³/mol. The minimum atomic E-state index is 0.356. The number of benzene rings is 1. The van der Waals surface area contributed by atoms with E-state index >= 15 is 0 Å². The van der Waals surface area contributed by atoms with Gasteiger partial charge in [-0.05, 0) is 55.0 Å². The smallest absolute Gasteiger partial charge is 0.0328 e. The molecule has 0 fully saturated rings. The summed E-state index contributed by atoms with van der Waals surface area (Å²) < 4.78 is 0. The first kappa shape index (κ1) is 13.3. The van der Waals surface area contributed by atoms with Crippen LogP contribution in [0.25, 0.3) is 0 Å². The van der Waals surface area contributed by atoms with Gasteiger partial charge in [-0.15, -0.1) is 0 Å². The standard InChI is InChI=1S/C18H22N2/c1-14(15-10-12-19-13-11-15)20-18-9-5-3-7-16-6-2-4-8-17(16)18/h2,4,6,8,10-14,18,20H,3,5,7,9H2,1H3. The van der Waals surface area contributed by atoms with Crippen LogP contribution in [0.2, 0.25) is 0 Å². The van der Waals surface area contributed by atoms with Gasteiger partial charge in [-0.3, -0.25) is 4.98 Å². The summed E-state index contributed by atoms with van der Waals surface area (Å²) >= 11 is 0. The quantitative estimate of drug-likeness (QED) is 0.842. The van der Waals surface area contributed by atoms with E-state index in [1.54, 1.807) is 0 Å². The van der Waals surface area contributed by atoms with Crippen molar-refractivity contribution in [2.24, 2.45) is 0 Å². The molecule has 1 aromatic carbocycles. The van der Waals surface area contributed by atoms with Crippen molar-refractivity contribution >= 4 is 0 Å². The van der Waals surface area contributed by atoms with E-state index in [1.807, 2.05) is 12.4 Å². The topological polar surface area (TPSA) is 24.9 Å².